The standard InChI is InChI=1S/C12H10BrNO.C11H20N2O4/c13-10-3-1-8(2-4-10)12-11-7-15-6-9(11)5-14-12;1-8(16-2)9(12-11(15)17-3)10(14)13-6-4-5-7-13/h1-5,14H,6-7H2;8-9H,4-7H2,1-3H3,(H,12,15). The Morgan fingerprint density at radius 2 is 1.84 bits per heavy atom. The van der Waals surface area contributed by atoms with Gasteiger partial charge in [0.1, 0.15) is 6.04 Å². The minimum Gasteiger partial charge on any atom is -0.453 e. The minimum absolute atomic E-state index is 0.109. The van der Waals surface area contributed by atoms with Crippen molar-refractivity contribution in [1.29, 1.82) is 0 Å². The van der Waals surface area contributed by atoms with Crippen molar-refractivity contribution in [3.05, 3.63) is 46.1 Å². The molecule has 4 rings (SSSR count). The van der Waals surface area contributed by atoms with Gasteiger partial charge in [-0.1, -0.05) is 28.1 Å². The number of nitrogens with one attached hydrogen (secondary N) is 2. The number of carbonyl (C=O) groups excluding carboxylic acids is 2. The van der Waals surface area contributed by atoms with E-state index < -0.39 is 12.1 Å². The van der Waals surface area contributed by atoms with E-state index in [1.165, 1.54) is 36.6 Å². The third kappa shape index (κ3) is 5.90. The van der Waals surface area contributed by atoms with Crippen molar-refractivity contribution in [1.82, 2.24) is 15.2 Å². The fraction of sp³-hybridized carbons (Fsp3) is 0.478. The first-order valence-electron chi connectivity index (χ1n) is 10.6. The Balaban J connectivity index is 0.000000181. The number of methoxy groups -OCH3 is 2. The Hall–Kier alpha value is -2.36. The highest BCUT2D eigenvalue weighted by Gasteiger charge is 2.32. The fourth-order valence-corrected chi connectivity index (χ4v) is 4.03. The zero-order valence-electron chi connectivity index (χ0n) is 18.7. The third-order valence-corrected chi connectivity index (χ3v) is 6.23. The predicted octanol–water partition coefficient (Wildman–Crippen LogP) is 3.84. The second-order valence-corrected chi connectivity index (χ2v) is 8.67. The number of aromatic amines is 1. The first-order valence-corrected chi connectivity index (χ1v) is 11.4. The molecule has 9 heteroatoms. The van der Waals surface area contributed by atoms with Gasteiger partial charge in [0.15, 0.2) is 0 Å². The van der Waals surface area contributed by atoms with E-state index in [2.05, 4.69) is 55.2 Å². The molecule has 1 aromatic carbocycles. The van der Waals surface area contributed by atoms with Gasteiger partial charge in [0, 0.05) is 42.0 Å². The van der Waals surface area contributed by atoms with Crippen LogP contribution in [0.3, 0.4) is 0 Å². The zero-order valence-corrected chi connectivity index (χ0v) is 20.2. The molecule has 8 nitrogen and oxygen atoms in total. The van der Waals surface area contributed by atoms with Gasteiger partial charge >= 0.3 is 6.09 Å². The number of likely N-dealkylation sites (tertiary alicyclic amines) is 1. The number of benzene rings is 1. The molecule has 2 unspecified atom stereocenters. The Bertz CT molecular complexity index is 909. The lowest BCUT2D eigenvalue weighted by Gasteiger charge is -2.27. The number of halogens is 1. The number of amides is 2. The lowest BCUT2D eigenvalue weighted by atomic mass is 10.1. The molecule has 3 heterocycles. The maximum absolute atomic E-state index is 12.2. The quantitative estimate of drug-likeness (QED) is 0.641. The molecule has 1 saturated heterocycles. The van der Waals surface area contributed by atoms with E-state index in [4.69, 9.17) is 9.47 Å². The van der Waals surface area contributed by atoms with Gasteiger partial charge in [0.05, 0.1) is 32.1 Å². The minimum atomic E-state index is -0.689. The molecule has 2 aromatic rings. The average Bonchev–Trinajstić information content (AvgIpc) is 3.56. The van der Waals surface area contributed by atoms with E-state index in [-0.39, 0.29) is 12.0 Å². The molecular formula is C23H30BrN3O5. The van der Waals surface area contributed by atoms with Crippen LogP contribution in [0, 0.1) is 0 Å². The Labute approximate surface area is 196 Å². The van der Waals surface area contributed by atoms with Crippen LogP contribution in [0.5, 0.6) is 0 Å². The van der Waals surface area contributed by atoms with E-state index in [0.717, 1.165) is 43.6 Å². The summed E-state index contributed by atoms with van der Waals surface area (Å²) in [6, 6.07) is 7.63. The normalized spacial score (nSPS) is 16.6. The highest BCUT2D eigenvalue weighted by atomic mass is 79.9. The van der Waals surface area contributed by atoms with Crippen LogP contribution in [0.1, 0.15) is 30.9 Å². The van der Waals surface area contributed by atoms with E-state index >= 15 is 0 Å². The van der Waals surface area contributed by atoms with Gasteiger partial charge < -0.3 is 29.4 Å². The summed E-state index contributed by atoms with van der Waals surface area (Å²) in [7, 11) is 2.78. The summed E-state index contributed by atoms with van der Waals surface area (Å²) < 4.78 is 16.1. The molecule has 0 saturated carbocycles. The van der Waals surface area contributed by atoms with E-state index in [1.54, 1.807) is 11.8 Å². The molecule has 0 bridgehead atoms. The molecule has 0 aliphatic carbocycles. The Morgan fingerprint density at radius 3 is 2.47 bits per heavy atom. The van der Waals surface area contributed by atoms with E-state index in [9.17, 15) is 9.59 Å². The summed E-state index contributed by atoms with van der Waals surface area (Å²) in [5.74, 6) is -0.109. The van der Waals surface area contributed by atoms with Gasteiger partial charge in [-0.05, 0) is 37.5 Å². The number of hydrogen-bond acceptors (Lipinski definition) is 5. The van der Waals surface area contributed by atoms with Crippen LogP contribution in [0.2, 0.25) is 0 Å². The van der Waals surface area contributed by atoms with Crippen molar-refractivity contribution in [2.75, 3.05) is 27.3 Å². The summed E-state index contributed by atoms with van der Waals surface area (Å²) in [4.78, 5) is 28.4. The number of hydrogen-bond donors (Lipinski definition) is 2. The molecule has 174 valence electrons. The van der Waals surface area contributed by atoms with E-state index in [0.29, 0.717) is 0 Å². The number of rotatable bonds is 5. The Morgan fingerprint density at radius 1 is 1.16 bits per heavy atom. The maximum atomic E-state index is 12.2. The SMILES string of the molecule is Brc1ccc(-c2[nH]cc3c2COC3)cc1.COC(=O)NC(C(=O)N1CCCC1)C(C)OC. The third-order valence-electron chi connectivity index (χ3n) is 5.70. The van der Waals surface area contributed by atoms with Gasteiger partial charge in [0.2, 0.25) is 5.91 Å². The summed E-state index contributed by atoms with van der Waals surface area (Å²) in [6.07, 6.45) is 3.06. The number of aromatic nitrogens is 1. The Kier molecular flexibility index (Phi) is 8.72. The first-order chi connectivity index (χ1) is 15.4. The van der Waals surface area contributed by atoms with Crippen molar-refractivity contribution >= 4 is 27.9 Å². The largest absolute Gasteiger partial charge is 0.453 e. The number of alkyl carbamates (subject to hydrolysis) is 1. The highest BCUT2D eigenvalue weighted by Crippen LogP contribution is 2.31. The van der Waals surface area contributed by atoms with E-state index in [1.807, 2.05) is 6.20 Å². The van der Waals surface area contributed by atoms with Crippen LogP contribution in [0.25, 0.3) is 11.3 Å². The topological polar surface area (TPSA) is 92.9 Å². The molecule has 1 aromatic heterocycles. The summed E-state index contributed by atoms with van der Waals surface area (Å²) >= 11 is 3.44. The van der Waals surface area contributed by atoms with Crippen molar-refractivity contribution in [3.8, 4) is 11.3 Å². The molecule has 2 atom stereocenters. The number of fused-ring (bicyclic) bond motifs is 1. The predicted molar refractivity (Wildman–Crippen MR) is 124 cm³/mol. The number of carbonyl (C=O) groups is 2. The highest BCUT2D eigenvalue weighted by molar-refractivity contribution is 9.10. The van der Waals surface area contributed by atoms with Crippen LogP contribution in [-0.4, -0.2) is 61.3 Å². The first kappa shape index (κ1) is 24.3. The summed E-state index contributed by atoms with van der Waals surface area (Å²) in [5.41, 5.74) is 4.99. The molecule has 2 aliphatic rings. The molecule has 0 spiro atoms. The molecule has 2 aliphatic heterocycles. The molecular weight excluding hydrogens is 478 g/mol. The van der Waals surface area contributed by atoms with Gasteiger partial charge in [-0.25, -0.2) is 4.79 Å². The second kappa shape index (κ2) is 11.5. The number of nitrogens with zero attached hydrogens (tertiary/aromatic N) is 1. The van der Waals surface area contributed by atoms with Crippen LogP contribution in [0.15, 0.2) is 34.9 Å². The number of H-pyrrole nitrogens is 1. The van der Waals surface area contributed by atoms with Gasteiger partial charge in [-0.2, -0.15) is 0 Å². The fourth-order valence-electron chi connectivity index (χ4n) is 3.76. The molecule has 32 heavy (non-hydrogen) atoms. The molecule has 0 radical (unpaired) electrons. The van der Waals surface area contributed by atoms with Crippen LogP contribution >= 0.6 is 15.9 Å². The van der Waals surface area contributed by atoms with Gasteiger partial charge in [-0.15, -0.1) is 0 Å². The lowest BCUT2D eigenvalue weighted by molar-refractivity contribution is -0.135. The smallest absolute Gasteiger partial charge is 0.407 e. The molecule has 2 N–H and O–H groups in total. The van der Waals surface area contributed by atoms with Crippen LogP contribution in [0.4, 0.5) is 4.79 Å². The second-order valence-electron chi connectivity index (χ2n) is 7.75. The van der Waals surface area contributed by atoms with Crippen LogP contribution in [-0.2, 0) is 32.2 Å². The molecule has 1 fully saturated rings. The van der Waals surface area contributed by atoms with Crippen molar-refractivity contribution in [2.24, 2.45) is 0 Å². The van der Waals surface area contributed by atoms with Gasteiger partial charge in [0.25, 0.3) is 0 Å². The maximum Gasteiger partial charge on any atom is 0.407 e. The van der Waals surface area contributed by atoms with Crippen LogP contribution < -0.4 is 5.32 Å². The van der Waals surface area contributed by atoms with Crippen molar-refractivity contribution < 1.29 is 23.8 Å². The zero-order chi connectivity index (χ0) is 23.1. The van der Waals surface area contributed by atoms with Crippen molar-refractivity contribution in [2.45, 2.75) is 45.1 Å². The summed E-state index contributed by atoms with van der Waals surface area (Å²) in [5, 5.41) is 2.52. The average molecular weight is 508 g/mol. The van der Waals surface area contributed by atoms with Gasteiger partial charge in [-0.3, -0.25) is 4.79 Å². The molecule has 2 amide bonds. The monoisotopic (exact) mass is 507 g/mol. The summed E-state index contributed by atoms with van der Waals surface area (Å²) in [6.45, 7) is 4.70. The number of ether oxygens (including phenoxy) is 3. The lowest BCUT2D eigenvalue weighted by Crippen LogP contribution is -2.53. The van der Waals surface area contributed by atoms with Crippen molar-refractivity contribution in [3.63, 3.8) is 0 Å².